The molecule has 0 spiro atoms. The van der Waals surface area contributed by atoms with Crippen molar-refractivity contribution in [3.8, 4) is 5.75 Å². The van der Waals surface area contributed by atoms with Gasteiger partial charge in [0.25, 0.3) is 0 Å². The quantitative estimate of drug-likeness (QED) is 0.618. The highest BCUT2D eigenvalue weighted by molar-refractivity contribution is 8.56. The van der Waals surface area contributed by atoms with E-state index in [0.717, 1.165) is 24.6 Å². The van der Waals surface area contributed by atoms with E-state index in [4.69, 9.17) is 16.5 Å². The maximum Gasteiger partial charge on any atom is 0.118 e. The first-order chi connectivity index (χ1) is 8.35. The Hall–Kier alpha value is 0.200. The first-order valence-corrected chi connectivity index (χ1v) is 9.77. The van der Waals surface area contributed by atoms with E-state index in [9.17, 15) is 0 Å². The molecule has 1 aliphatic rings. The van der Waals surface area contributed by atoms with Crippen LogP contribution in [-0.2, 0) is 11.8 Å². The first-order valence-electron chi connectivity index (χ1n) is 5.33. The summed E-state index contributed by atoms with van der Waals surface area (Å²) in [5.74, 6) is 3.26. The van der Waals surface area contributed by atoms with Gasteiger partial charge in [0, 0.05) is 18.1 Å². The molecule has 0 radical (unpaired) electrons. The zero-order valence-electron chi connectivity index (χ0n) is 9.54. The standard InChI is InChI=1S/C11H14NOPS3/c1-13-10-4-2-9(3-5-10)11-8-16-7-6-12(11)17-14-15/h2-5,11H,6-8H2,1H3. The van der Waals surface area contributed by atoms with Crippen LogP contribution in [0.25, 0.3) is 0 Å². The average Bonchev–Trinajstić information content (AvgIpc) is 2.40. The van der Waals surface area contributed by atoms with Crippen LogP contribution in [0, 0.1) is 0 Å². The molecule has 0 aliphatic carbocycles. The molecule has 0 bridgehead atoms. The predicted molar refractivity (Wildman–Crippen MR) is 81.6 cm³/mol. The molecular weight excluding hydrogens is 289 g/mol. The maximum absolute atomic E-state index is 5.19. The number of hydrogen-bond acceptors (Lipinski definition) is 5. The summed E-state index contributed by atoms with van der Waals surface area (Å²) in [7, 11) is 1.70. The molecule has 1 heterocycles. The van der Waals surface area contributed by atoms with Crippen molar-refractivity contribution < 1.29 is 4.74 Å². The molecule has 92 valence electrons. The van der Waals surface area contributed by atoms with Crippen LogP contribution in [0.4, 0.5) is 0 Å². The molecule has 0 saturated carbocycles. The van der Waals surface area contributed by atoms with Gasteiger partial charge in [0.15, 0.2) is 0 Å². The highest BCUT2D eigenvalue weighted by Crippen LogP contribution is 2.38. The van der Waals surface area contributed by atoms with Gasteiger partial charge in [-0.3, -0.25) is 0 Å². The van der Waals surface area contributed by atoms with Gasteiger partial charge in [-0.05, 0) is 41.1 Å². The number of nitrogens with zero attached hydrogens (tertiary/aromatic N) is 1. The summed E-state index contributed by atoms with van der Waals surface area (Å²) in [6.45, 7) is 2.06. The number of rotatable bonds is 4. The van der Waals surface area contributed by atoms with E-state index in [-0.39, 0.29) is 0 Å². The molecule has 1 aromatic rings. The number of thioether (sulfide) groups is 1. The zero-order chi connectivity index (χ0) is 12.1. The SMILES string of the molecule is COc1ccc(C2CSCCN2SP=S)cc1. The monoisotopic (exact) mass is 303 g/mol. The maximum atomic E-state index is 5.19. The molecule has 0 amide bonds. The van der Waals surface area contributed by atoms with Crippen LogP contribution in [0.2, 0.25) is 0 Å². The minimum atomic E-state index is 0.472. The molecule has 1 unspecified atom stereocenters. The molecule has 1 saturated heterocycles. The number of hydrogen-bond donors (Lipinski definition) is 0. The van der Waals surface area contributed by atoms with Crippen LogP contribution in [0.15, 0.2) is 24.3 Å². The van der Waals surface area contributed by atoms with Crippen molar-refractivity contribution in [1.82, 2.24) is 4.31 Å². The normalized spacial score (nSPS) is 21.6. The molecule has 1 fully saturated rings. The van der Waals surface area contributed by atoms with Gasteiger partial charge in [0.1, 0.15) is 5.75 Å². The van der Waals surface area contributed by atoms with Crippen LogP contribution in [-0.4, -0.2) is 29.5 Å². The molecule has 0 N–H and O–H groups in total. The summed E-state index contributed by atoms with van der Waals surface area (Å²) < 4.78 is 7.60. The largest absolute Gasteiger partial charge is 0.497 e. The van der Waals surface area contributed by atoms with Crippen molar-refractivity contribution in [2.45, 2.75) is 6.04 Å². The minimum Gasteiger partial charge on any atom is -0.497 e. The highest BCUT2D eigenvalue weighted by Gasteiger charge is 2.24. The average molecular weight is 303 g/mol. The Morgan fingerprint density at radius 1 is 1.47 bits per heavy atom. The van der Waals surface area contributed by atoms with Gasteiger partial charge in [-0.25, -0.2) is 4.31 Å². The molecule has 2 rings (SSSR count). The molecular formula is C11H14NOPS3. The van der Waals surface area contributed by atoms with E-state index in [1.54, 1.807) is 18.7 Å². The Morgan fingerprint density at radius 3 is 2.88 bits per heavy atom. The zero-order valence-corrected chi connectivity index (χ0v) is 12.9. The van der Waals surface area contributed by atoms with E-state index >= 15 is 0 Å². The van der Waals surface area contributed by atoms with E-state index in [1.165, 1.54) is 11.3 Å². The summed E-state index contributed by atoms with van der Waals surface area (Å²) in [6, 6.07) is 8.85. The predicted octanol–water partition coefficient (Wildman–Crippen LogP) is 3.76. The Morgan fingerprint density at radius 2 is 2.24 bits per heavy atom. The first kappa shape index (κ1) is 13.6. The van der Waals surface area contributed by atoms with Gasteiger partial charge in [-0.1, -0.05) is 12.1 Å². The van der Waals surface area contributed by atoms with Gasteiger partial charge in [0.05, 0.1) is 19.7 Å². The summed E-state index contributed by atoms with van der Waals surface area (Å²) in [5.41, 5.74) is 1.35. The summed E-state index contributed by atoms with van der Waals surface area (Å²) in [6.07, 6.45) is 0. The van der Waals surface area contributed by atoms with Crippen molar-refractivity contribution in [3.63, 3.8) is 0 Å². The van der Waals surface area contributed by atoms with E-state index in [2.05, 4.69) is 16.4 Å². The van der Waals surface area contributed by atoms with Crippen LogP contribution in [0.3, 0.4) is 0 Å². The second kappa shape index (κ2) is 6.95. The Balaban J connectivity index is 2.14. The van der Waals surface area contributed by atoms with Crippen molar-refractivity contribution >= 4 is 41.7 Å². The molecule has 1 atom stereocenters. The second-order valence-corrected chi connectivity index (χ2v) is 7.87. The third-order valence-electron chi connectivity index (χ3n) is 2.72. The summed E-state index contributed by atoms with van der Waals surface area (Å²) in [4.78, 5) is 0. The Labute approximate surface area is 117 Å². The number of methoxy groups -OCH3 is 1. The van der Waals surface area contributed by atoms with Gasteiger partial charge < -0.3 is 4.74 Å². The fourth-order valence-electron chi connectivity index (χ4n) is 1.82. The van der Waals surface area contributed by atoms with Crippen LogP contribution < -0.4 is 4.74 Å². The summed E-state index contributed by atoms with van der Waals surface area (Å²) in [5, 5.41) is 0. The van der Waals surface area contributed by atoms with Gasteiger partial charge in [0.2, 0.25) is 0 Å². The van der Waals surface area contributed by atoms with E-state index in [1.807, 2.05) is 23.9 Å². The fraction of sp³-hybridized carbons (Fsp3) is 0.455. The lowest BCUT2D eigenvalue weighted by Crippen LogP contribution is -2.29. The fourth-order valence-corrected chi connectivity index (χ4v) is 5.30. The lowest BCUT2D eigenvalue weighted by atomic mass is 10.1. The van der Waals surface area contributed by atoms with Crippen molar-refractivity contribution in [2.75, 3.05) is 25.2 Å². The topological polar surface area (TPSA) is 12.5 Å². The number of benzene rings is 1. The Bertz CT molecular complexity index is 373. The number of ether oxygens (including phenoxy) is 1. The van der Waals surface area contributed by atoms with Gasteiger partial charge in [-0.15, -0.1) is 0 Å². The smallest absolute Gasteiger partial charge is 0.118 e. The molecule has 1 aromatic carbocycles. The molecule has 1 aliphatic heterocycles. The van der Waals surface area contributed by atoms with Gasteiger partial charge in [-0.2, -0.15) is 11.8 Å². The highest BCUT2D eigenvalue weighted by atomic mass is 32.9. The lowest BCUT2D eigenvalue weighted by molar-refractivity contribution is 0.399. The molecule has 2 nitrogen and oxygen atoms in total. The molecule has 0 aromatic heterocycles. The second-order valence-electron chi connectivity index (χ2n) is 3.66. The van der Waals surface area contributed by atoms with Gasteiger partial charge >= 0.3 is 0 Å². The van der Waals surface area contributed by atoms with Crippen molar-refractivity contribution in [2.24, 2.45) is 0 Å². The van der Waals surface area contributed by atoms with Crippen molar-refractivity contribution in [1.29, 1.82) is 0 Å². The third kappa shape index (κ3) is 3.58. The van der Waals surface area contributed by atoms with Crippen LogP contribution in [0.5, 0.6) is 5.75 Å². The van der Waals surface area contributed by atoms with E-state index in [0.29, 0.717) is 6.04 Å². The van der Waals surface area contributed by atoms with E-state index < -0.39 is 0 Å². The van der Waals surface area contributed by atoms with Crippen molar-refractivity contribution in [3.05, 3.63) is 29.8 Å². The molecule has 6 heteroatoms. The summed E-state index contributed by atoms with van der Waals surface area (Å²) >= 11 is 8.80. The minimum absolute atomic E-state index is 0.472. The lowest BCUT2D eigenvalue weighted by Gasteiger charge is -2.33. The van der Waals surface area contributed by atoms with Crippen LogP contribution >= 0.6 is 29.9 Å². The third-order valence-corrected chi connectivity index (χ3v) is 5.88. The Kier molecular flexibility index (Phi) is 5.57. The molecule has 17 heavy (non-hydrogen) atoms. The van der Waals surface area contributed by atoms with Crippen LogP contribution in [0.1, 0.15) is 11.6 Å².